The highest BCUT2D eigenvalue weighted by Gasteiger charge is 2.24. The lowest BCUT2D eigenvalue weighted by Gasteiger charge is -2.21. The summed E-state index contributed by atoms with van der Waals surface area (Å²) in [6.07, 6.45) is 0. The summed E-state index contributed by atoms with van der Waals surface area (Å²) in [5, 5.41) is 7.54. The van der Waals surface area contributed by atoms with E-state index < -0.39 is 6.04 Å². The minimum atomic E-state index is -0.543. The molecule has 0 aliphatic rings. The predicted octanol–water partition coefficient (Wildman–Crippen LogP) is 2.82. The van der Waals surface area contributed by atoms with Crippen LogP contribution in [-0.4, -0.2) is 17.9 Å². The first-order valence-electron chi connectivity index (χ1n) is 7.24. The van der Waals surface area contributed by atoms with E-state index >= 15 is 0 Å². The van der Waals surface area contributed by atoms with Crippen molar-refractivity contribution in [2.24, 2.45) is 5.92 Å². The maximum Gasteiger partial charge on any atom is 0.262 e. The molecule has 116 valence electrons. The van der Waals surface area contributed by atoms with E-state index in [1.807, 2.05) is 55.6 Å². The number of thiophene rings is 1. The monoisotopic (exact) mass is 316 g/mol. The number of hydrogen-bond donors (Lipinski definition) is 2. The number of rotatable bonds is 6. The standard InChI is InChI=1S/C17H20N2O2S/c1-12(2)15(19-16(20)14-9-6-10-22-14)17(21)18-11-13-7-4-3-5-8-13/h3-10,12,15H,11H2,1-2H3,(H,18,21)(H,19,20)/t15-/m1/s1. The Morgan fingerprint density at radius 2 is 1.82 bits per heavy atom. The van der Waals surface area contributed by atoms with Crippen LogP contribution in [0.4, 0.5) is 0 Å². The third-order valence-electron chi connectivity index (χ3n) is 3.29. The van der Waals surface area contributed by atoms with Gasteiger partial charge in [0.1, 0.15) is 6.04 Å². The molecule has 2 amide bonds. The third-order valence-corrected chi connectivity index (χ3v) is 4.16. The molecule has 0 radical (unpaired) electrons. The minimum absolute atomic E-state index is 0.0136. The van der Waals surface area contributed by atoms with E-state index in [2.05, 4.69) is 10.6 Å². The summed E-state index contributed by atoms with van der Waals surface area (Å²) in [7, 11) is 0. The van der Waals surface area contributed by atoms with Crippen LogP contribution in [0.25, 0.3) is 0 Å². The minimum Gasteiger partial charge on any atom is -0.350 e. The van der Waals surface area contributed by atoms with Crippen LogP contribution >= 0.6 is 11.3 Å². The van der Waals surface area contributed by atoms with Gasteiger partial charge in [0.05, 0.1) is 4.88 Å². The molecular formula is C17H20N2O2S. The molecule has 0 spiro atoms. The van der Waals surface area contributed by atoms with Crippen molar-refractivity contribution in [3.8, 4) is 0 Å². The molecule has 0 aliphatic carbocycles. The van der Waals surface area contributed by atoms with Gasteiger partial charge in [0.15, 0.2) is 0 Å². The largest absolute Gasteiger partial charge is 0.350 e. The van der Waals surface area contributed by atoms with E-state index in [-0.39, 0.29) is 17.7 Å². The van der Waals surface area contributed by atoms with Crippen molar-refractivity contribution in [1.82, 2.24) is 10.6 Å². The zero-order valence-electron chi connectivity index (χ0n) is 12.7. The molecule has 22 heavy (non-hydrogen) atoms. The zero-order chi connectivity index (χ0) is 15.9. The molecule has 0 fully saturated rings. The Morgan fingerprint density at radius 3 is 2.41 bits per heavy atom. The fourth-order valence-corrected chi connectivity index (χ4v) is 2.68. The van der Waals surface area contributed by atoms with E-state index in [9.17, 15) is 9.59 Å². The van der Waals surface area contributed by atoms with Crippen molar-refractivity contribution in [3.63, 3.8) is 0 Å². The highest BCUT2D eigenvalue weighted by molar-refractivity contribution is 7.12. The molecule has 5 heteroatoms. The van der Waals surface area contributed by atoms with Crippen LogP contribution in [0.5, 0.6) is 0 Å². The molecule has 0 saturated carbocycles. The number of nitrogens with one attached hydrogen (secondary N) is 2. The second-order valence-electron chi connectivity index (χ2n) is 5.38. The van der Waals surface area contributed by atoms with Gasteiger partial charge in [-0.25, -0.2) is 0 Å². The molecule has 4 nitrogen and oxygen atoms in total. The summed E-state index contributed by atoms with van der Waals surface area (Å²) in [6.45, 7) is 4.29. The van der Waals surface area contributed by atoms with Gasteiger partial charge >= 0.3 is 0 Å². The average Bonchev–Trinajstić information content (AvgIpc) is 3.05. The molecule has 0 aliphatic heterocycles. The molecule has 1 aromatic carbocycles. The van der Waals surface area contributed by atoms with Crippen molar-refractivity contribution >= 4 is 23.2 Å². The number of amides is 2. The number of hydrogen-bond acceptors (Lipinski definition) is 3. The molecule has 2 rings (SSSR count). The Labute approximate surface area is 134 Å². The lowest BCUT2D eigenvalue weighted by molar-refractivity contribution is -0.124. The lowest BCUT2D eigenvalue weighted by atomic mass is 10.0. The van der Waals surface area contributed by atoms with Gasteiger partial charge in [-0.1, -0.05) is 50.2 Å². The summed E-state index contributed by atoms with van der Waals surface area (Å²) >= 11 is 1.36. The summed E-state index contributed by atoms with van der Waals surface area (Å²) < 4.78 is 0. The Hall–Kier alpha value is -2.14. The SMILES string of the molecule is CC(C)[C@@H](NC(=O)c1cccs1)C(=O)NCc1ccccc1. The first-order valence-corrected chi connectivity index (χ1v) is 8.12. The van der Waals surface area contributed by atoms with Crippen LogP contribution in [0, 0.1) is 5.92 Å². The Kier molecular flexibility index (Phi) is 5.72. The lowest BCUT2D eigenvalue weighted by Crippen LogP contribution is -2.49. The summed E-state index contributed by atoms with van der Waals surface area (Å²) in [5.41, 5.74) is 1.03. The molecule has 1 aromatic heterocycles. The highest BCUT2D eigenvalue weighted by atomic mass is 32.1. The van der Waals surface area contributed by atoms with Gasteiger partial charge < -0.3 is 10.6 Å². The molecule has 2 N–H and O–H groups in total. The quantitative estimate of drug-likeness (QED) is 0.861. The maximum atomic E-state index is 12.3. The van der Waals surface area contributed by atoms with Crippen molar-refractivity contribution in [3.05, 3.63) is 58.3 Å². The first-order chi connectivity index (χ1) is 10.6. The van der Waals surface area contributed by atoms with Crippen LogP contribution in [-0.2, 0) is 11.3 Å². The second kappa shape index (κ2) is 7.75. The fourth-order valence-electron chi connectivity index (χ4n) is 2.05. The smallest absolute Gasteiger partial charge is 0.262 e. The molecule has 0 unspecified atom stereocenters. The normalized spacial score (nSPS) is 12.0. The van der Waals surface area contributed by atoms with Gasteiger partial charge in [0, 0.05) is 6.54 Å². The second-order valence-corrected chi connectivity index (χ2v) is 6.32. The number of carbonyl (C=O) groups excluding carboxylic acids is 2. The van der Waals surface area contributed by atoms with E-state index in [1.54, 1.807) is 6.07 Å². The number of benzene rings is 1. The van der Waals surface area contributed by atoms with E-state index in [0.29, 0.717) is 11.4 Å². The van der Waals surface area contributed by atoms with Gasteiger partial charge in [0.2, 0.25) is 5.91 Å². The first kappa shape index (κ1) is 16.2. The molecule has 2 aromatic rings. The predicted molar refractivity (Wildman–Crippen MR) is 88.7 cm³/mol. The Morgan fingerprint density at radius 1 is 1.09 bits per heavy atom. The van der Waals surface area contributed by atoms with Crippen LogP contribution < -0.4 is 10.6 Å². The van der Waals surface area contributed by atoms with E-state index in [4.69, 9.17) is 0 Å². The van der Waals surface area contributed by atoms with E-state index in [0.717, 1.165) is 5.56 Å². The van der Waals surface area contributed by atoms with Crippen molar-refractivity contribution in [2.75, 3.05) is 0 Å². The Balaban J connectivity index is 1.95. The highest BCUT2D eigenvalue weighted by Crippen LogP contribution is 2.10. The third kappa shape index (κ3) is 4.43. The number of carbonyl (C=O) groups is 2. The van der Waals surface area contributed by atoms with Gasteiger partial charge in [-0.05, 0) is 22.9 Å². The molecule has 1 atom stereocenters. The van der Waals surface area contributed by atoms with Crippen LogP contribution in [0.15, 0.2) is 47.8 Å². The zero-order valence-corrected chi connectivity index (χ0v) is 13.5. The van der Waals surface area contributed by atoms with Crippen molar-refractivity contribution in [1.29, 1.82) is 0 Å². The summed E-state index contributed by atoms with van der Waals surface area (Å²) in [6, 6.07) is 12.7. The van der Waals surface area contributed by atoms with Crippen LogP contribution in [0.1, 0.15) is 29.1 Å². The van der Waals surface area contributed by atoms with Crippen molar-refractivity contribution in [2.45, 2.75) is 26.4 Å². The molecule has 1 heterocycles. The van der Waals surface area contributed by atoms with Gasteiger partial charge in [-0.15, -0.1) is 11.3 Å². The molecular weight excluding hydrogens is 296 g/mol. The maximum absolute atomic E-state index is 12.3. The fraction of sp³-hybridized carbons (Fsp3) is 0.294. The Bertz CT molecular complexity index is 609. The molecule has 0 bridgehead atoms. The van der Waals surface area contributed by atoms with Crippen LogP contribution in [0.3, 0.4) is 0 Å². The van der Waals surface area contributed by atoms with E-state index in [1.165, 1.54) is 11.3 Å². The molecule has 0 saturated heterocycles. The average molecular weight is 316 g/mol. The topological polar surface area (TPSA) is 58.2 Å². The summed E-state index contributed by atoms with van der Waals surface area (Å²) in [4.78, 5) is 25.1. The van der Waals surface area contributed by atoms with Gasteiger partial charge in [-0.2, -0.15) is 0 Å². The summed E-state index contributed by atoms with van der Waals surface area (Å²) in [5.74, 6) is -0.355. The van der Waals surface area contributed by atoms with Gasteiger partial charge in [0.25, 0.3) is 5.91 Å². The van der Waals surface area contributed by atoms with Gasteiger partial charge in [-0.3, -0.25) is 9.59 Å². The van der Waals surface area contributed by atoms with Crippen molar-refractivity contribution < 1.29 is 9.59 Å². The van der Waals surface area contributed by atoms with Crippen LogP contribution in [0.2, 0.25) is 0 Å².